The molecule has 1 aliphatic rings. The molecule has 0 aromatic carbocycles. The SMILES string of the molecule is NNC(Cc1ccco1)C1CCCC1. The number of hydrogen-bond acceptors (Lipinski definition) is 3. The highest BCUT2D eigenvalue weighted by molar-refractivity contribution is 5.01. The predicted octanol–water partition coefficient (Wildman–Crippen LogP) is 1.84. The van der Waals surface area contributed by atoms with Gasteiger partial charge in [-0.1, -0.05) is 12.8 Å². The minimum atomic E-state index is 0.378. The van der Waals surface area contributed by atoms with Crippen LogP contribution in [0.5, 0.6) is 0 Å². The Morgan fingerprint density at radius 2 is 2.29 bits per heavy atom. The number of hydrazine groups is 1. The van der Waals surface area contributed by atoms with E-state index < -0.39 is 0 Å². The van der Waals surface area contributed by atoms with Crippen LogP contribution in [-0.2, 0) is 6.42 Å². The first kappa shape index (κ1) is 9.74. The maximum atomic E-state index is 5.58. The van der Waals surface area contributed by atoms with E-state index in [1.165, 1.54) is 25.7 Å². The Kier molecular flexibility index (Phi) is 3.22. The number of hydrogen-bond donors (Lipinski definition) is 2. The Balaban J connectivity index is 1.92. The zero-order valence-corrected chi connectivity index (χ0v) is 8.41. The summed E-state index contributed by atoms with van der Waals surface area (Å²) in [6, 6.07) is 4.32. The Labute approximate surface area is 84.6 Å². The third-order valence-electron chi connectivity index (χ3n) is 3.18. The molecule has 2 rings (SSSR count). The van der Waals surface area contributed by atoms with E-state index in [1.807, 2.05) is 12.1 Å². The molecular formula is C11H18N2O. The maximum Gasteiger partial charge on any atom is 0.105 e. The van der Waals surface area contributed by atoms with Crippen molar-refractivity contribution in [3.05, 3.63) is 24.2 Å². The molecule has 14 heavy (non-hydrogen) atoms. The maximum absolute atomic E-state index is 5.58. The lowest BCUT2D eigenvalue weighted by Gasteiger charge is -2.21. The first-order chi connectivity index (χ1) is 6.90. The van der Waals surface area contributed by atoms with E-state index in [2.05, 4.69) is 5.43 Å². The van der Waals surface area contributed by atoms with Gasteiger partial charge in [0.25, 0.3) is 0 Å². The van der Waals surface area contributed by atoms with Crippen molar-refractivity contribution < 1.29 is 4.42 Å². The zero-order valence-electron chi connectivity index (χ0n) is 8.41. The highest BCUT2D eigenvalue weighted by Gasteiger charge is 2.24. The van der Waals surface area contributed by atoms with Gasteiger partial charge in [0.05, 0.1) is 6.26 Å². The molecule has 0 bridgehead atoms. The lowest BCUT2D eigenvalue weighted by atomic mass is 9.95. The molecule has 0 aliphatic heterocycles. The highest BCUT2D eigenvalue weighted by atomic mass is 16.3. The van der Waals surface area contributed by atoms with Crippen LogP contribution in [0, 0.1) is 5.92 Å². The summed E-state index contributed by atoms with van der Waals surface area (Å²) in [7, 11) is 0. The first-order valence-corrected chi connectivity index (χ1v) is 5.38. The third kappa shape index (κ3) is 2.16. The molecule has 1 aromatic heterocycles. The van der Waals surface area contributed by atoms with Gasteiger partial charge >= 0.3 is 0 Å². The molecule has 0 amide bonds. The van der Waals surface area contributed by atoms with E-state index in [4.69, 9.17) is 10.3 Å². The predicted molar refractivity (Wildman–Crippen MR) is 55.5 cm³/mol. The van der Waals surface area contributed by atoms with Crippen LogP contribution in [-0.4, -0.2) is 6.04 Å². The molecule has 1 heterocycles. The molecule has 1 fully saturated rings. The summed E-state index contributed by atoms with van der Waals surface area (Å²) in [4.78, 5) is 0. The van der Waals surface area contributed by atoms with Crippen LogP contribution in [0.25, 0.3) is 0 Å². The number of nitrogens with two attached hydrogens (primary N) is 1. The van der Waals surface area contributed by atoms with Crippen LogP contribution in [0.1, 0.15) is 31.4 Å². The molecule has 0 radical (unpaired) electrons. The van der Waals surface area contributed by atoms with E-state index in [1.54, 1.807) is 6.26 Å². The summed E-state index contributed by atoms with van der Waals surface area (Å²) >= 11 is 0. The molecule has 1 aliphatic carbocycles. The van der Waals surface area contributed by atoms with E-state index in [9.17, 15) is 0 Å². The van der Waals surface area contributed by atoms with Gasteiger partial charge in [-0.3, -0.25) is 11.3 Å². The Hall–Kier alpha value is -0.800. The van der Waals surface area contributed by atoms with Crippen molar-refractivity contribution in [3.8, 4) is 0 Å². The fourth-order valence-corrected chi connectivity index (χ4v) is 2.37. The van der Waals surface area contributed by atoms with Gasteiger partial charge in [-0.25, -0.2) is 0 Å². The number of furan rings is 1. The lowest BCUT2D eigenvalue weighted by molar-refractivity contribution is 0.339. The van der Waals surface area contributed by atoms with Gasteiger partial charge in [0, 0.05) is 12.5 Å². The van der Waals surface area contributed by atoms with Gasteiger partial charge in [-0.2, -0.15) is 0 Å². The fraction of sp³-hybridized carbons (Fsp3) is 0.636. The average molecular weight is 194 g/mol. The molecule has 0 spiro atoms. The lowest BCUT2D eigenvalue weighted by Crippen LogP contribution is -2.41. The third-order valence-corrected chi connectivity index (χ3v) is 3.18. The Bertz CT molecular complexity index is 252. The van der Waals surface area contributed by atoms with Crippen LogP contribution < -0.4 is 11.3 Å². The monoisotopic (exact) mass is 194 g/mol. The Morgan fingerprint density at radius 1 is 1.50 bits per heavy atom. The molecule has 1 unspecified atom stereocenters. The number of nitrogens with one attached hydrogen (secondary N) is 1. The quantitative estimate of drug-likeness (QED) is 0.568. The van der Waals surface area contributed by atoms with Crippen LogP contribution >= 0.6 is 0 Å². The first-order valence-electron chi connectivity index (χ1n) is 5.38. The van der Waals surface area contributed by atoms with Gasteiger partial charge in [0.2, 0.25) is 0 Å². The van der Waals surface area contributed by atoms with Crippen LogP contribution in [0.4, 0.5) is 0 Å². The molecule has 1 atom stereocenters. The second-order valence-corrected chi connectivity index (χ2v) is 4.10. The van der Waals surface area contributed by atoms with Crippen molar-refractivity contribution >= 4 is 0 Å². The molecular weight excluding hydrogens is 176 g/mol. The molecule has 1 aromatic rings. The fourth-order valence-electron chi connectivity index (χ4n) is 2.37. The normalized spacial score (nSPS) is 20.1. The molecule has 3 N–H and O–H groups in total. The van der Waals surface area contributed by atoms with E-state index in [0.717, 1.165) is 18.1 Å². The smallest absolute Gasteiger partial charge is 0.105 e. The van der Waals surface area contributed by atoms with Crippen LogP contribution in [0.3, 0.4) is 0 Å². The summed E-state index contributed by atoms with van der Waals surface area (Å²) in [6.07, 6.45) is 7.93. The van der Waals surface area contributed by atoms with Gasteiger partial charge in [-0.15, -0.1) is 0 Å². The van der Waals surface area contributed by atoms with Crippen LogP contribution in [0.15, 0.2) is 22.8 Å². The van der Waals surface area contributed by atoms with Gasteiger partial charge in [0.1, 0.15) is 5.76 Å². The number of rotatable bonds is 4. The van der Waals surface area contributed by atoms with E-state index in [0.29, 0.717) is 6.04 Å². The van der Waals surface area contributed by atoms with Crippen molar-refractivity contribution in [2.45, 2.75) is 38.1 Å². The summed E-state index contributed by atoms with van der Waals surface area (Å²) in [5.74, 6) is 7.33. The van der Waals surface area contributed by atoms with E-state index >= 15 is 0 Å². The topological polar surface area (TPSA) is 51.2 Å². The molecule has 0 saturated heterocycles. The van der Waals surface area contributed by atoms with Gasteiger partial charge < -0.3 is 4.42 Å². The molecule has 3 heteroatoms. The van der Waals surface area contributed by atoms with Crippen molar-refractivity contribution in [2.24, 2.45) is 11.8 Å². The second-order valence-electron chi connectivity index (χ2n) is 4.10. The Morgan fingerprint density at radius 3 is 2.86 bits per heavy atom. The average Bonchev–Trinajstić information content (AvgIpc) is 2.86. The summed E-state index contributed by atoms with van der Waals surface area (Å²) in [5, 5.41) is 0. The van der Waals surface area contributed by atoms with Crippen molar-refractivity contribution in [2.75, 3.05) is 0 Å². The van der Waals surface area contributed by atoms with Gasteiger partial charge in [0.15, 0.2) is 0 Å². The second kappa shape index (κ2) is 4.62. The highest BCUT2D eigenvalue weighted by Crippen LogP contribution is 2.28. The molecule has 78 valence electrons. The minimum Gasteiger partial charge on any atom is -0.469 e. The summed E-state index contributed by atoms with van der Waals surface area (Å²) in [5.41, 5.74) is 2.92. The molecule has 3 nitrogen and oxygen atoms in total. The minimum absolute atomic E-state index is 0.378. The van der Waals surface area contributed by atoms with Crippen molar-refractivity contribution in [1.29, 1.82) is 0 Å². The summed E-state index contributed by atoms with van der Waals surface area (Å²) in [6.45, 7) is 0. The van der Waals surface area contributed by atoms with Crippen LogP contribution in [0.2, 0.25) is 0 Å². The van der Waals surface area contributed by atoms with Gasteiger partial charge in [-0.05, 0) is 30.9 Å². The molecule has 1 saturated carbocycles. The van der Waals surface area contributed by atoms with Crippen molar-refractivity contribution in [1.82, 2.24) is 5.43 Å². The van der Waals surface area contributed by atoms with Crippen molar-refractivity contribution in [3.63, 3.8) is 0 Å². The standard InChI is InChI=1S/C11H18N2O/c12-13-11(9-4-1-2-5-9)8-10-6-3-7-14-10/h3,6-7,9,11,13H,1-2,4-5,8,12H2. The summed E-state index contributed by atoms with van der Waals surface area (Å²) < 4.78 is 5.33. The largest absolute Gasteiger partial charge is 0.469 e. The zero-order chi connectivity index (χ0) is 9.80. The van der Waals surface area contributed by atoms with E-state index in [-0.39, 0.29) is 0 Å².